The summed E-state index contributed by atoms with van der Waals surface area (Å²) in [6, 6.07) is 2.60. The second-order valence-electron chi connectivity index (χ2n) is 3.85. The van der Waals surface area contributed by atoms with E-state index in [2.05, 4.69) is 4.98 Å². The van der Waals surface area contributed by atoms with Gasteiger partial charge in [-0.1, -0.05) is 30.0 Å². The van der Waals surface area contributed by atoms with Crippen molar-refractivity contribution >= 4 is 46.3 Å². The largest absolute Gasteiger partial charge is 0.480 e. The van der Waals surface area contributed by atoms with Crippen LogP contribution in [0.25, 0.3) is 6.08 Å². The Balaban J connectivity index is 2.28. The molecule has 5 nitrogen and oxygen atoms in total. The van der Waals surface area contributed by atoms with Gasteiger partial charge in [0.25, 0.3) is 5.91 Å². The van der Waals surface area contributed by atoms with Gasteiger partial charge >= 0.3 is 5.97 Å². The molecule has 1 saturated heterocycles. The quantitative estimate of drug-likeness (QED) is 0.676. The van der Waals surface area contributed by atoms with Crippen LogP contribution in [0.15, 0.2) is 29.4 Å². The molecule has 1 aromatic heterocycles. The topological polar surface area (TPSA) is 70.5 Å². The van der Waals surface area contributed by atoms with Gasteiger partial charge < -0.3 is 5.11 Å². The number of carboxylic acid groups (broad SMARTS) is 1. The lowest BCUT2D eigenvalue weighted by Crippen LogP contribution is -2.41. The van der Waals surface area contributed by atoms with E-state index in [1.807, 2.05) is 0 Å². The Kier molecular flexibility index (Phi) is 3.96. The number of carbonyl (C=O) groups is 2. The van der Waals surface area contributed by atoms with Gasteiger partial charge in [0.15, 0.2) is 0 Å². The molecule has 2 rings (SSSR count). The molecule has 0 aromatic carbocycles. The minimum atomic E-state index is -1.08. The minimum absolute atomic E-state index is 0.259. The second kappa shape index (κ2) is 5.50. The minimum Gasteiger partial charge on any atom is -0.480 e. The highest BCUT2D eigenvalue weighted by molar-refractivity contribution is 8.26. The van der Waals surface area contributed by atoms with Gasteiger partial charge in [0.05, 0.1) is 4.91 Å². The zero-order valence-electron chi connectivity index (χ0n) is 9.94. The molecular formula is C12H10N2O3S2. The normalized spacial score (nSPS) is 19.0. The van der Waals surface area contributed by atoms with Crippen molar-refractivity contribution in [1.29, 1.82) is 0 Å². The molecule has 0 saturated carbocycles. The molecule has 1 amide bonds. The number of aromatic nitrogens is 1. The first-order valence-electron chi connectivity index (χ1n) is 5.40. The molecule has 0 bridgehead atoms. The van der Waals surface area contributed by atoms with E-state index in [0.717, 1.165) is 22.2 Å². The van der Waals surface area contributed by atoms with Crippen LogP contribution in [0.2, 0.25) is 0 Å². The molecule has 98 valence electrons. The number of aliphatic carboxylic acids is 1. The number of hydrogen-bond donors (Lipinski definition) is 1. The van der Waals surface area contributed by atoms with Crippen LogP contribution < -0.4 is 0 Å². The third-order valence-corrected chi connectivity index (χ3v) is 3.88. The van der Waals surface area contributed by atoms with Gasteiger partial charge in [0.2, 0.25) is 0 Å². The Morgan fingerprint density at radius 1 is 1.63 bits per heavy atom. The Morgan fingerprint density at radius 2 is 2.37 bits per heavy atom. The molecule has 1 fully saturated rings. The van der Waals surface area contributed by atoms with Gasteiger partial charge in [-0.3, -0.25) is 14.7 Å². The smallest absolute Gasteiger partial charge is 0.326 e. The van der Waals surface area contributed by atoms with Crippen molar-refractivity contribution in [3.63, 3.8) is 0 Å². The van der Waals surface area contributed by atoms with Crippen LogP contribution >= 0.6 is 24.0 Å². The van der Waals surface area contributed by atoms with E-state index < -0.39 is 12.0 Å². The molecule has 0 spiro atoms. The highest BCUT2D eigenvalue weighted by atomic mass is 32.2. The van der Waals surface area contributed by atoms with Crippen LogP contribution in [0.4, 0.5) is 0 Å². The molecule has 0 aliphatic carbocycles. The summed E-state index contributed by atoms with van der Waals surface area (Å²) >= 11 is 6.15. The lowest BCUT2D eigenvalue weighted by molar-refractivity contribution is -0.144. The second-order valence-corrected chi connectivity index (χ2v) is 5.53. The molecule has 1 aliphatic heterocycles. The zero-order valence-corrected chi connectivity index (χ0v) is 11.6. The predicted molar refractivity (Wildman–Crippen MR) is 76.3 cm³/mol. The third-order valence-electron chi connectivity index (χ3n) is 2.55. The summed E-state index contributed by atoms with van der Waals surface area (Å²) in [5, 5.41) is 8.96. The van der Waals surface area contributed by atoms with E-state index in [9.17, 15) is 9.59 Å². The van der Waals surface area contributed by atoms with Crippen molar-refractivity contribution in [2.45, 2.75) is 13.0 Å². The Morgan fingerprint density at radius 3 is 2.95 bits per heavy atom. The molecule has 1 atom stereocenters. The van der Waals surface area contributed by atoms with E-state index in [1.54, 1.807) is 30.6 Å². The van der Waals surface area contributed by atoms with E-state index >= 15 is 0 Å². The van der Waals surface area contributed by atoms with Crippen molar-refractivity contribution in [3.05, 3.63) is 35.0 Å². The molecule has 1 aliphatic rings. The zero-order chi connectivity index (χ0) is 14.0. The van der Waals surface area contributed by atoms with Crippen LogP contribution in [0.5, 0.6) is 0 Å². The number of thioether (sulfide) groups is 1. The van der Waals surface area contributed by atoms with Crippen LogP contribution in [0, 0.1) is 0 Å². The average Bonchev–Trinajstić information content (AvgIpc) is 2.65. The SMILES string of the molecule is CC(C(=O)O)N1C(=O)C(=Cc2cccnc2)SC1=S. The molecule has 0 radical (unpaired) electrons. The van der Waals surface area contributed by atoms with Crippen molar-refractivity contribution in [2.24, 2.45) is 0 Å². The summed E-state index contributed by atoms with van der Waals surface area (Å²) in [7, 11) is 0. The van der Waals surface area contributed by atoms with Crippen molar-refractivity contribution < 1.29 is 14.7 Å². The summed E-state index contributed by atoms with van der Waals surface area (Å²) < 4.78 is 0.259. The fraction of sp³-hybridized carbons (Fsp3) is 0.167. The van der Waals surface area contributed by atoms with E-state index in [0.29, 0.717) is 4.91 Å². The summed E-state index contributed by atoms with van der Waals surface area (Å²) in [4.78, 5) is 28.6. The predicted octanol–water partition coefficient (Wildman–Crippen LogP) is 1.76. The number of nitrogens with zero attached hydrogens (tertiary/aromatic N) is 2. The monoisotopic (exact) mass is 294 g/mol. The number of carboxylic acids is 1. The lowest BCUT2D eigenvalue weighted by Gasteiger charge is -2.18. The lowest BCUT2D eigenvalue weighted by atomic mass is 10.2. The molecule has 7 heteroatoms. The maximum atomic E-state index is 12.1. The first kappa shape index (κ1) is 13.7. The Hall–Kier alpha value is -1.73. The fourth-order valence-electron chi connectivity index (χ4n) is 1.54. The Bertz CT molecular complexity index is 572. The van der Waals surface area contributed by atoms with Gasteiger partial charge in [-0.2, -0.15) is 0 Å². The van der Waals surface area contributed by atoms with E-state index in [-0.39, 0.29) is 10.2 Å². The number of thiocarbonyl (C=S) groups is 1. The number of pyridine rings is 1. The summed E-state index contributed by atoms with van der Waals surface area (Å²) in [5.41, 5.74) is 0.769. The maximum Gasteiger partial charge on any atom is 0.326 e. The van der Waals surface area contributed by atoms with Crippen LogP contribution in [-0.2, 0) is 9.59 Å². The molecular weight excluding hydrogens is 284 g/mol. The number of amides is 1. The van der Waals surface area contributed by atoms with E-state index in [4.69, 9.17) is 17.3 Å². The standard InChI is InChI=1S/C12H10N2O3S2/c1-7(11(16)17)14-10(15)9(19-12(14)18)5-8-3-2-4-13-6-8/h2-7H,1H3,(H,16,17). The first-order chi connectivity index (χ1) is 9.00. The summed E-state index contributed by atoms with van der Waals surface area (Å²) in [6.45, 7) is 1.43. The molecule has 1 unspecified atom stereocenters. The maximum absolute atomic E-state index is 12.1. The highest BCUT2D eigenvalue weighted by Crippen LogP contribution is 2.33. The Labute approximate surface area is 119 Å². The molecule has 19 heavy (non-hydrogen) atoms. The van der Waals surface area contributed by atoms with Gasteiger partial charge in [0.1, 0.15) is 10.4 Å². The first-order valence-corrected chi connectivity index (χ1v) is 6.63. The summed E-state index contributed by atoms with van der Waals surface area (Å²) in [5.74, 6) is -1.47. The third kappa shape index (κ3) is 2.82. The highest BCUT2D eigenvalue weighted by Gasteiger charge is 2.38. The van der Waals surface area contributed by atoms with Gasteiger partial charge in [-0.25, -0.2) is 4.79 Å². The number of hydrogen-bond acceptors (Lipinski definition) is 5. The fourth-order valence-corrected chi connectivity index (χ4v) is 2.96. The summed E-state index contributed by atoms with van der Waals surface area (Å²) in [6.07, 6.45) is 4.91. The molecule has 1 N–H and O–H groups in total. The van der Waals surface area contributed by atoms with E-state index in [1.165, 1.54) is 6.92 Å². The van der Waals surface area contributed by atoms with Crippen LogP contribution in [0.1, 0.15) is 12.5 Å². The average molecular weight is 294 g/mol. The number of carbonyl (C=O) groups excluding carboxylic acids is 1. The van der Waals surface area contributed by atoms with Crippen LogP contribution in [-0.4, -0.2) is 37.2 Å². The number of rotatable bonds is 3. The van der Waals surface area contributed by atoms with Crippen molar-refractivity contribution in [1.82, 2.24) is 9.88 Å². The van der Waals surface area contributed by atoms with Gasteiger partial charge in [0, 0.05) is 12.4 Å². The van der Waals surface area contributed by atoms with Gasteiger partial charge in [-0.15, -0.1) is 0 Å². The van der Waals surface area contributed by atoms with Crippen molar-refractivity contribution in [3.8, 4) is 0 Å². The van der Waals surface area contributed by atoms with Crippen LogP contribution in [0.3, 0.4) is 0 Å². The van der Waals surface area contributed by atoms with Crippen molar-refractivity contribution in [2.75, 3.05) is 0 Å². The molecule has 2 heterocycles. The van der Waals surface area contributed by atoms with Gasteiger partial charge in [-0.05, 0) is 24.6 Å². The molecule has 1 aromatic rings.